The molecule has 2 N–H and O–H groups in total. The van der Waals surface area contributed by atoms with Crippen molar-refractivity contribution in [2.75, 3.05) is 0 Å². The average Bonchev–Trinajstić information content (AvgIpc) is 3.32. The van der Waals surface area contributed by atoms with E-state index in [-0.39, 0.29) is 12.5 Å². The highest BCUT2D eigenvalue weighted by Crippen LogP contribution is 2.57. The van der Waals surface area contributed by atoms with E-state index in [0.717, 1.165) is 31.2 Å². The third kappa shape index (κ3) is 4.03. The van der Waals surface area contributed by atoms with E-state index in [4.69, 9.17) is 4.74 Å². The zero-order valence-corrected chi connectivity index (χ0v) is 13.2. The van der Waals surface area contributed by atoms with Crippen molar-refractivity contribution in [1.82, 2.24) is 5.32 Å². The van der Waals surface area contributed by atoms with Gasteiger partial charge in [0.15, 0.2) is 0 Å². The smallest absolute Gasteiger partial charge is 0.408 e. The molecule has 1 unspecified atom stereocenters. The monoisotopic (exact) mass is 317 g/mol. The average molecular weight is 317 g/mol. The molecule has 124 valence electrons. The number of ether oxygens (including phenoxy) is 1. The van der Waals surface area contributed by atoms with Crippen LogP contribution in [0.1, 0.15) is 44.1 Å². The van der Waals surface area contributed by atoms with Crippen molar-refractivity contribution in [3.8, 4) is 0 Å². The van der Waals surface area contributed by atoms with E-state index >= 15 is 0 Å². The third-order valence-corrected chi connectivity index (χ3v) is 5.27. The summed E-state index contributed by atoms with van der Waals surface area (Å²) in [6.45, 7) is 0.146. The number of hydrogen-bond acceptors (Lipinski definition) is 3. The lowest BCUT2D eigenvalue weighted by Gasteiger charge is -2.32. The summed E-state index contributed by atoms with van der Waals surface area (Å²) in [6.07, 6.45) is 5.82. The summed E-state index contributed by atoms with van der Waals surface area (Å²) in [6, 6.07) is 8.49. The summed E-state index contributed by atoms with van der Waals surface area (Å²) in [5.74, 6) is -0.971. The minimum absolute atomic E-state index is 0.00278. The molecule has 1 aromatic rings. The highest BCUT2D eigenvalue weighted by atomic mass is 16.5. The molecule has 2 saturated carbocycles. The largest absolute Gasteiger partial charge is 0.480 e. The lowest BCUT2D eigenvalue weighted by molar-refractivity contribution is -0.141. The van der Waals surface area contributed by atoms with Gasteiger partial charge < -0.3 is 15.2 Å². The van der Waals surface area contributed by atoms with Crippen molar-refractivity contribution < 1.29 is 19.4 Å². The van der Waals surface area contributed by atoms with Gasteiger partial charge in [-0.05, 0) is 55.4 Å². The van der Waals surface area contributed by atoms with Gasteiger partial charge in [-0.25, -0.2) is 9.59 Å². The van der Waals surface area contributed by atoms with Crippen LogP contribution in [0, 0.1) is 11.3 Å². The predicted molar refractivity (Wildman–Crippen MR) is 84.8 cm³/mol. The molecule has 3 rings (SSSR count). The number of aliphatic carboxylic acids is 1. The molecule has 0 bridgehead atoms. The molecule has 5 nitrogen and oxygen atoms in total. The highest BCUT2D eigenvalue weighted by molar-refractivity contribution is 5.80. The Kier molecular flexibility index (Phi) is 4.55. The van der Waals surface area contributed by atoms with Gasteiger partial charge in [-0.1, -0.05) is 30.3 Å². The second kappa shape index (κ2) is 6.60. The molecule has 1 atom stereocenters. The molecule has 1 spiro atoms. The molecule has 23 heavy (non-hydrogen) atoms. The number of hydrogen-bond donors (Lipinski definition) is 2. The number of rotatable bonds is 5. The Bertz CT molecular complexity index is 558. The molecular formula is C18H23NO4. The number of carbonyl (C=O) groups is 2. The summed E-state index contributed by atoms with van der Waals surface area (Å²) in [5.41, 5.74) is 1.38. The molecular weight excluding hydrogens is 294 g/mol. The van der Waals surface area contributed by atoms with Gasteiger partial charge in [-0.3, -0.25) is 0 Å². The van der Waals surface area contributed by atoms with E-state index < -0.39 is 18.1 Å². The molecule has 0 aromatic heterocycles. The lowest BCUT2D eigenvalue weighted by atomic mass is 9.76. The van der Waals surface area contributed by atoms with Crippen molar-refractivity contribution >= 4 is 12.1 Å². The highest BCUT2D eigenvalue weighted by Gasteiger charge is 2.46. The molecule has 2 aliphatic carbocycles. The van der Waals surface area contributed by atoms with Gasteiger partial charge in [0.1, 0.15) is 12.6 Å². The second-order valence-corrected chi connectivity index (χ2v) is 6.86. The van der Waals surface area contributed by atoms with Crippen LogP contribution in [-0.4, -0.2) is 23.2 Å². The van der Waals surface area contributed by atoms with Crippen molar-refractivity contribution in [2.45, 2.75) is 51.2 Å². The van der Waals surface area contributed by atoms with Crippen LogP contribution in [0.15, 0.2) is 30.3 Å². The molecule has 0 radical (unpaired) electrons. The molecule has 5 heteroatoms. The van der Waals surface area contributed by atoms with Gasteiger partial charge >= 0.3 is 12.1 Å². The minimum Gasteiger partial charge on any atom is -0.480 e. The van der Waals surface area contributed by atoms with Gasteiger partial charge in [-0.15, -0.1) is 0 Å². The van der Waals surface area contributed by atoms with Crippen LogP contribution in [0.5, 0.6) is 0 Å². The van der Waals surface area contributed by atoms with Crippen LogP contribution in [0.3, 0.4) is 0 Å². The SMILES string of the molecule is O=C(NC(C(=O)O)C1CCC2(CC1)CC2)OCc1ccccc1. The number of alkyl carbamates (subject to hydrolysis) is 1. The fourth-order valence-corrected chi connectivity index (χ4v) is 3.54. The van der Waals surface area contributed by atoms with Crippen LogP contribution in [-0.2, 0) is 16.1 Å². The number of benzene rings is 1. The van der Waals surface area contributed by atoms with E-state index in [2.05, 4.69) is 5.32 Å². The summed E-state index contributed by atoms with van der Waals surface area (Å²) in [5, 5.41) is 12.0. The maximum absolute atomic E-state index is 11.9. The Hall–Kier alpha value is -2.04. The summed E-state index contributed by atoms with van der Waals surface area (Å²) < 4.78 is 5.14. The van der Waals surface area contributed by atoms with Crippen molar-refractivity contribution in [3.05, 3.63) is 35.9 Å². The van der Waals surface area contributed by atoms with Crippen LogP contribution in [0.4, 0.5) is 4.79 Å². The zero-order chi connectivity index (χ0) is 16.3. The topological polar surface area (TPSA) is 75.6 Å². The predicted octanol–water partition coefficient (Wildman–Crippen LogP) is 3.34. The molecule has 0 heterocycles. The van der Waals surface area contributed by atoms with Gasteiger partial charge in [-0.2, -0.15) is 0 Å². The Morgan fingerprint density at radius 2 is 1.83 bits per heavy atom. The fraction of sp³-hybridized carbons (Fsp3) is 0.556. The molecule has 2 fully saturated rings. The van der Waals surface area contributed by atoms with Crippen molar-refractivity contribution in [2.24, 2.45) is 11.3 Å². The van der Waals surface area contributed by atoms with Crippen LogP contribution >= 0.6 is 0 Å². The number of carboxylic acid groups (broad SMARTS) is 1. The first kappa shape index (κ1) is 15.8. The van der Waals surface area contributed by atoms with Crippen LogP contribution in [0.25, 0.3) is 0 Å². The number of carboxylic acids is 1. The first-order valence-electron chi connectivity index (χ1n) is 8.28. The molecule has 1 aromatic carbocycles. The standard InChI is InChI=1S/C18H23NO4/c20-16(21)15(14-6-8-18(9-7-14)10-11-18)19-17(22)23-12-13-4-2-1-3-5-13/h1-5,14-15H,6-12H2,(H,19,22)(H,20,21). The maximum Gasteiger partial charge on any atom is 0.408 e. The quantitative estimate of drug-likeness (QED) is 0.873. The number of carbonyl (C=O) groups excluding carboxylic acids is 1. The van der Waals surface area contributed by atoms with Crippen LogP contribution < -0.4 is 5.32 Å². The van der Waals surface area contributed by atoms with Crippen molar-refractivity contribution in [1.29, 1.82) is 0 Å². The first-order chi connectivity index (χ1) is 11.1. The molecule has 1 amide bonds. The summed E-state index contributed by atoms with van der Waals surface area (Å²) in [4.78, 5) is 23.4. The van der Waals surface area contributed by atoms with Crippen LogP contribution in [0.2, 0.25) is 0 Å². The van der Waals surface area contributed by atoms with Gasteiger partial charge in [0.05, 0.1) is 0 Å². The number of amides is 1. The van der Waals surface area contributed by atoms with Gasteiger partial charge in [0.25, 0.3) is 0 Å². The lowest BCUT2D eigenvalue weighted by Crippen LogP contribution is -2.47. The van der Waals surface area contributed by atoms with E-state index in [1.807, 2.05) is 30.3 Å². The maximum atomic E-state index is 11.9. The molecule has 2 aliphatic rings. The van der Waals surface area contributed by atoms with E-state index in [1.54, 1.807) is 0 Å². The fourth-order valence-electron chi connectivity index (χ4n) is 3.54. The van der Waals surface area contributed by atoms with Crippen molar-refractivity contribution in [3.63, 3.8) is 0 Å². The Balaban J connectivity index is 1.50. The molecule has 0 aliphatic heterocycles. The van der Waals surface area contributed by atoms with Gasteiger partial charge in [0, 0.05) is 0 Å². The third-order valence-electron chi connectivity index (χ3n) is 5.27. The Morgan fingerprint density at radius 3 is 2.39 bits per heavy atom. The number of nitrogens with one attached hydrogen (secondary N) is 1. The second-order valence-electron chi connectivity index (χ2n) is 6.86. The summed E-state index contributed by atoms with van der Waals surface area (Å²) >= 11 is 0. The van der Waals surface area contributed by atoms with E-state index in [9.17, 15) is 14.7 Å². The normalized spacial score (nSPS) is 20.7. The first-order valence-corrected chi connectivity index (χ1v) is 8.28. The summed E-state index contributed by atoms with van der Waals surface area (Å²) in [7, 11) is 0. The van der Waals surface area contributed by atoms with Gasteiger partial charge in [0.2, 0.25) is 0 Å². The van der Waals surface area contributed by atoms with E-state index in [1.165, 1.54) is 12.8 Å². The molecule has 0 saturated heterocycles. The minimum atomic E-state index is -0.974. The Labute approximate surface area is 136 Å². The Morgan fingerprint density at radius 1 is 1.17 bits per heavy atom. The zero-order valence-electron chi connectivity index (χ0n) is 13.2. The van der Waals surface area contributed by atoms with E-state index in [0.29, 0.717) is 5.41 Å².